The monoisotopic (exact) mass is 333 g/mol. The van der Waals surface area contributed by atoms with Crippen LogP contribution in [-0.2, 0) is 5.75 Å². The van der Waals surface area contributed by atoms with E-state index in [4.69, 9.17) is 10.2 Å². The van der Waals surface area contributed by atoms with Crippen molar-refractivity contribution in [1.82, 2.24) is 9.97 Å². The van der Waals surface area contributed by atoms with Crippen molar-refractivity contribution in [2.24, 2.45) is 0 Å². The standard InChI is InChI=1S/C17H11N5OS/c18-7-13-15(11-3-1-5-21-9-11)14(8-19)17(22-16(13)20)24-10-12-4-2-6-23-12/h1-6,9H,10H2,(H2,20,22). The molecule has 3 heterocycles. The summed E-state index contributed by atoms with van der Waals surface area (Å²) < 4.78 is 5.29. The largest absolute Gasteiger partial charge is 0.468 e. The van der Waals surface area contributed by atoms with Gasteiger partial charge in [0.15, 0.2) is 0 Å². The Morgan fingerprint density at radius 2 is 2.00 bits per heavy atom. The molecule has 3 aromatic rings. The Morgan fingerprint density at radius 3 is 2.62 bits per heavy atom. The van der Waals surface area contributed by atoms with Crippen LogP contribution in [0.25, 0.3) is 11.1 Å². The van der Waals surface area contributed by atoms with Crippen LogP contribution in [0, 0.1) is 22.7 Å². The van der Waals surface area contributed by atoms with Crippen molar-refractivity contribution in [3.63, 3.8) is 0 Å². The van der Waals surface area contributed by atoms with Crippen molar-refractivity contribution in [3.05, 3.63) is 59.8 Å². The van der Waals surface area contributed by atoms with Gasteiger partial charge in [0.25, 0.3) is 0 Å². The second-order valence-corrected chi connectivity index (χ2v) is 5.72. The van der Waals surface area contributed by atoms with Gasteiger partial charge in [-0.1, -0.05) is 17.8 Å². The van der Waals surface area contributed by atoms with Gasteiger partial charge in [0.05, 0.1) is 17.6 Å². The predicted molar refractivity (Wildman–Crippen MR) is 89.6 cm³/mol. The summed E-state index contributed by atoms with van der Waals surface area (Å²) in [6.07, 6.45) is 4.80. The average molecular weight is 333 g/mol. The summed E-state index contributed by atoms with van der Waals surface area (Å²) in [5.74, 6) is 1.36. The van der Waals surface area contributed by atoms with E-state index in [0.717, 1.165) is 5.76 Å². The van der Waals surface area contributed by atoms with Gasteiger partial charge >= 0.3 is 0 Å². The van der Waals surface area contributed by atoms with E-state index >= 15 is 0 Å². The maximum absolute atomic E-state index is 9.63. The van der Waals surface area contributed by atoms with Gasteiger partial charge < -0.3 is 10.2 Å². The third-order valence-corrected chi connectivity index (χ3v) is 4.29. The second-order valence-electron chi connectivity index (χ2n) is 4.76. The molecule has 0 saturated carbocycles. The summed E-state index contributed by atoms with van der Waals surface area (Å²) in [4.78, 5) is 8.29. The third kappa shape index (κ3) is 2.94. The lowest BCUT2D eigenvalue weighted by Crippen LogP contribution is -2.03. The molecule has 0 amide bonds. The number of nitrogens with zero attached hydrogens (tertiary/aromatic N) is 4. The normalized spacial score (nSPS) is 10.1. The highest BCUT2D eigenvalue weighted by molar-refractivity contribution is 7.98. The lowest BCUT2D eigenvalue weighted by molar-refractivity contribution is 0.530. The molecule has 0 saturated heterocycles. The molecular formula is C17H11N5OS. The highest BCUT2D eigenvalue weighted by Gasteiger charge is 2.20. The molecular weight excluding hydrogens is 322 g/mol. The van der Waals surface area contributed by atoms with Crippen LogP contribution in [0.5, 0.6) is 0 Å². The van der Waals surface area contributed by atoms with Gasteiger partial charge in [0.2, 0.25) is 0 Å². The Labute approximate surface area is 142 Å². The van der Waals surface area contributed by atoms with Crippen LogP contribution in [0.1, 0.15) is 16.9 Å². The molecule has 3 aromatic heterocycles. The van der Waals surface area contributed by atoms with Crippen LogP contribution < -0.4 is 5.73 Å². The van der Waals surface area contributed by atoms with Gasteiger partial charge in [0.1, 0.15) is 34.3 Å². The Hall–Kier alpha value is -3.29. The van der Waals surface area contributed by atoms with Gasteiger partial charge in [-0.05, 0) is 18.2 Å². The summed E-state index contributed by atoms with van der Waals surface area (Å²) in [5.41, 5.74) is 7.55. The van der Waals surface area contributed by atoms with Gasteiger partial charge in [-0.3, -0.25) is 4.98 Å². The van der Waals surface area contributed by atoms with E-state index < -0.39 is 0 Å². The van der Waals surface area contributed by atoms with Gasteiger partial charge in [0, 0.05) is 23.5 Å². The summed E-state index contributed by atoms with van der Waals surface area (Å²) >= 11 is 1.33. The minimum Gasteiger partial charge on any atom is -0.468 e. The van der Waals surface area contributed by atoms with Gasteiger partial charge in [-0.15, -0.1) is 0 Å². The van der Waals surface area contributed by atoms with E-state index in [-0.39, 0.29) is 11.4 Å². The number of nitrogens with two attached hydrogens (primary N) is 1. The number of nitriles is 2. The molecule has 0 aliphatic heterocycles. The average Bonchev–Trinajstić information content (AvgIpc) is 3.13. The van der Waals surface area contributed by atoms with Gasteiger partial charge in [-0.2, -0.15) is 10.5 Å². The van der Waals surface area contributed by atoms with Crippen molar-refractivity contribution >= 4 is 17.6 Å². The zero-order valence-corrected chi connectivity index (χ0v) is 13.2. The molecule has 7 heteroatoms. The maximum atomic E-state index is 9.63. The van der Waals surface area contributed by atoms with Crippen LogP contribution in [0.4, 0.5) is 5.82 Å². The van der Waals surface area contributed by atoms with Crippen LogP contribution in [0.3, 0.4) is 0 Å². The van der Waals surface area contributed by atoms with Crippen molar-refractivity contribution in [2.75, 3.05) is 5.73 Å². The summed E-state index contributed by atoms with van der Waals surface area (Å²) in [6.45, 7) is 0. The molecule has 6 nitrogen and oxygen atoms in total. The number of rotatable bonds is 4. The Morgan fingerprint density at radius 1 is 1.17 bits per heavy atom. The molecule has 2 N–H and O–H groups in total. The first-order valence-corrected chi connectivity index (χ1v) is 7.92. The van der Waals surface area contributed by atoms with Gasteiger partial charge in [-0.25, -0.2) is 4.98 Å². The topological polar surface area (TPSA) is 113 Å². The van der Waals surface area contributed by atoms with Crippen LogP contribution >= 0.6 is 11.8 Å². The number of hydrogen-bond acceptors (Lipinski definition) is 7. The van der Waals surface area contributed by atoms with Crippen LogP contribution in [-0.4, -0.2) is 9.97 Å². The number of nitrogen functional groups attached to an aromatic ring is 1. The van der Waals surface area contributed by atoms with E-state index in [2.05, 4.69) is 16.0 Å². The minimum atomic E-state index is 0.0947. The predicted octanol–water partition coefficient (Wildman–Crippen LogP) is 3.35. The molecule has 3 rings (SSSR count). The molecule has 0 unspecified atom stereocenters. The molecule has 0 spiro atoms. The van der Waals surface area contributed by atoms with E-state index in [0.29, 0.717) is 27.5 Å². The first-order valence-electron chi connectivity index (χ1n) is 6.94. The Kier molecular flexibility index (Phi) is 4.46. The van der Waals surface area contributed by atoms with Crippen LogP contribution in [0.2, 0.25) is 0 Å². The lowest BCUT2D eigenvalue weighted by atomic mass is 9.98. The molecule has 0 radical (unpaired) electrons. The van der Waals surface area contributed by atoms with Crippen molar-refractivity contribution in [1.29, 1.82) is 10.5 Å². The fourth-order valence-corrected chi connectivity index (χ4v) is 3.13. The van der Waals surface area contributed by atoms with Crippen molar-refractivity contribution < 1.29 is 4.42 Å². The molecule has 0 aliphatic carbocycles. The van der Waals surface area contributed by atoms with E-state index in [9.17, 15) is 10.5 Å². The fraction of sp³-hybridized carbons (Fsp3) is 0.0588. The smallest absolute Gasteiger partial charge is 0.143 e. The molecule has 0 aliphatic rings. The van der Waals surface area contributed by atoms with E-state index in [1.54, 1.807) is 36.9 Å². The molecule has 0 fully saturated rings. The summed E-state index contributed by atoms with van der Waals surface area (Å²) in [7, 11) is 0. The first kappa shape index (κ1) is 15.6. The molecule has 116 valence electrons. The summed E-state index contributed by atoms with van der Waals surface area (Å²) in [6, 6.07) is 11.3. The molecule has 24 heavy (non-hydrogen) atoms. The zero-order valence-electron chi connectivity index (χ0n) is 12.4. The maximum Gasteiger partial charge on any atom is 0.143 e. The fourth-order valence-electron chi connectivity index (χ4n) is 2.24. The Balaban J connectivity index is 2.12. The van der Waals surface area contributed by atoms with E-state index in [1.807, 2.05) is 12.1 Å². The molecule has 0 atom stereocenters. The number of aromatic nitrogens is 2. The number of hydrogen-bond donors (Lipinski definition) is 1. The number of furan rings is 1. The highest BCUT2D eigenvalue weighted by atomic mass is 32.2. The van der Waals surface area contributed by atoms with E-state index in [1.165, 1.54) is 11.8 Å². The third-order valence-electron chi connectivity index (χ3n) is 3.30. The highest BCUT2D eigenvalue weighted by Crippen LogP contribution is 2.36. The second kappa shape index (κ2) is 6.86. The SMILES string of the molecule is N#Cc1c(N)nc(SCc2ccco2)c(C#N)c1-c1cccnc1. The molecule has 0 bridgehead atoms. The lowest BCUT2D eigenvalue weighted by Gasteiger charge is -2.12. The summed E-state index contributed by atoms with van der Waals surface area (Å²) in [5, 5.41) is 19.5. The first-order chi connectivity index (χ1) is 11.7. The quantitative estimate of drug-likeness (QED) is 0.728. The van der Waals surface area contributed by atoms with Crippen LogP contribution in [0.15, 0.2) is 52.4 Å². The van der Waals surface area contributed by atoms with Crippen molar-refractivity contribution in [3.8, 4) is 23.3 Å². The number of anilines is 1. The number of pyridine rings is 2. The van der Waals surface area contributed by atoms with Crippen molar-refractivity contribution in [2.45, 2.75) is 10.8 Å². The minimum absolute atomic E-state index is 0.0947. The zero-order chi connectivity index (χ0) is 16.9. The Bertz CT molecular complexity index is 940. The molecule has 0 aromatic carbocycles. The number of thioether (sulfide) groups is 1.